The van der Waals surface area contributed by atoms with E-state index in [1.807, 2.05) is 41.3 Å². The molecule has 1 saturated heterocycles. The van der Waals surface area contributed by atoms with E-state index in [-0.39, 0.29) is 17.9 Å². The number of nitrogens with two attached hydrogens (primary N) is 1. The fourth-order valence-corrected chi connectivity index (χ4v) is 6.05. The van der Waals surface area contributed by atoms with Gasteiger partial charge in [-0.15, -0.1) is 0 Å². The van der Waals surface area contributed by atoms with Crippen molar-refractivity contribution >= 4 is 34.5 Å². The van der Waals surface area contributed by atoms with Gasteiger partial charge in [-0.25, -0.2) is 15.0 Å². The predicted octanol–water partition coefficient (Wildman–Crippen LogP) is 3.95. The number of hydrogen-bond acceptors (Lipinski definition) is 6. The third-order valence-electron chi connectivity index (χ3n) is 7.98. The van der Waals surface area contributed by atoms with Crippen LogP contribution in [0, 0.1) is 11.8 Å². The van der Waals surface area contributed by atoms with E-state index in [1.165, 1.54) is 17.3 Å². The summed E-state index contributed by atoms with van der Waals surface area (Å²) in [7, 11) is 1.72. The maximum absolute atomic E-state index is 13.0. The van der Waals surface area contributed by atoms with Gasteiger partial charge in [-0.05, 0) is 60.6 Å². The molecule has 1 saturated carbocycles. The fraction of sp³-hybridized carbons (Fsp3) is 0.276. The van der Waals surface area contributed by atoms with E-state index in [1.54, 1.807) is 19.3 Å². The topological polar surface area (TPSA) is 110 Å². The third kappa shape index (κ3) is 4.00. The van der Waals surface area contributed by atoms with Crippen LogP contribution in [0.1, 0.15) is 29.2 Å². The highest BCUT2D eigenvalue weighted by molar-refractivity contribution is 6.06. The number of likely N-dealkylation sites (tertiary alicyclic amines) is 1. The van der Waals surface area contributed by atoms with E-state index in [0.29, 0.717) is 29.0 Å². The van der Waals surface area contributed by atoms with Crippen molar-refractivity contribution in [1.82, 2.24) is 24.4 Å². The van der Waals surface area contributed by atoms with E-state index < -0.39 is 0 Å². The molecule has 4 aromatic rings. The normalized spacial score (nSPS) is 20.4. The first kappa shape index (κ1) is 23.8. The third-order valence-corrected chi connectivity index (χ3v) is 7.98. The minimum absolute atomic E-state index is 0.0123. The number of nitrogen functional groups attached to an aromatic ring is 1. The van der Waals surface area contributed by atoms with Crippen LogP contribution in [0.2, 0.25) is 0 Å². The van der Waals surface area contributed by atoms with Crippen molar-refractivity contribution in [1.29, 1.82) is 0 Å². The number of fused-ring (bicyclic) bond motifs is 2. The molecule has 1 aliphatic carbocycles. The number of nitrogens with zero attached hydrogens (tertiary/aromatic N) is 6. The molecule has 2 fully saturated rings. The Bertz CT molecular complexity index is 1520. The molecule has 1 aromatic carbocycles. The highest BCUT2D eigenvalue weighted by atomic mass is 16.2. The van der Waals surface area contributed by atoms with Gasteiger partial charge in [-0.2, -0.15) is 0 Å². The average molecular weight is 508 g/mol. The van der Waals surface area contributed by atoms with Crippen molar-refractivity contribution in [2.75, 3.05) is 30.8 Å². The lowest BCUT2D eigenvalue weighted by atomic mass is 10.0. The van der Waals surface area contributed by atoms with Gasteiger partial charge in [0.15, 0.2) is 0 Å². The monoisotopic (exact) mass is 507 g/mol. The highest BCUT2D eigenvalue weighted by Gasteiger charge is 2.43. The highest BCUT2D eigenvalue weighted by Crippen LogP contribution is 2.46. The predicted molar refractivity (Wildman–Crippen MR) is 146 cm³/mol. The molecule has 38 heavy (non-hydrogen) atoms. The summed E-state index contributed by atoms with van der Waals surface area (Å²) in [5, 5.41) is 0.817. The minimum Gasteiger partial charge on any atom is -0.383 e. The molecule has 192 valence electrons. The largest absolute Gasteiger partial charge is 0.383 e. The zero-order valence-corrected chi connectivity index (χ0v) is 21.2. The summed E-state index contributed by atoms with van der Waals surface area (Å²) in [4.78, 5) is 41.7. The van der Waals surface area contributed by atoms with Crippen LogP contribution >= 0.6 is 0 Å². The van der Waals surface area contributed by atoms with Crippen LogP contribution in [-0.4, -0.2) is 56.4 Å². The Labute approximate surface area is 220 Å². The molecule has 2 aliphatic rings. The number of pyridine rings is 1. The minimum atomic E-state index is -0.137. The number of carbonyl (C=O) groups excluding carboxylic acids is 2. The van der Waals surface area contributed by atoms with Crippen LogP contribution in [0.15, 0.2) is 73.8 Å². The Morgan fingerprint density at radius 3 is 2.45 bits per heavy atom. The van der Waals surface area contributed by atoms with Gasteiger partial charge >= 0.3 is 0 Å². The maximum Gasteiger partial charge on any atom is 0.259 e. The molecule has 2 N–H and O–H groups in total. The van der Waals surface area contributed by atoms with Gasteiger partial charge in [0, 0.05) is 49.7 Å². The summed E-state index contributed by atoms with van der Waals surface area (Å²) < 4.78 is 2.23. The average Bonchev–Trinajstić information content (AvgIpc) is 3.65. The molecular weight excluding hydrogens is 478 g/mol. The standard InChI is InChI=1S/C29H29N7O2/c1-3-25(37)35-14-20-12-22(13-21(20)15-35)36-16-23(26-27(30)32-17-33-28(26)36)18-7-9-19(10-8-18)29(38)34(2)24-6-4-5-11-31-24/h3-11,16-17,20-22H,1,12-15H2,2H3,(H2,30,32,33). The lowest BCUT2D eigenvalue weighted by Gasteiger charge is -2.19. The molecule has 3 aromatic heterocycles. The van der Waals surface area contributed by atoms with Gasteiger partial charge in [0.1, 0.15) is 23.6 Å². The number of anilines is 2. The van der Waals surface area contributed by atoms with Crippen molar-refractivity contribution < 1.29 is 9.59 Å². The summed E-state index contributed by atoms with van der Waals surface area (Å²) in [6.07, 6.45) is 8.65. The van der Waals surface area contributed by atoms with Crippen molar-refractivity contribution in [2.45, 2.75) is 18.9 Å². The molecule has 2 amide bonds. The molecule has 0 spiro atoms. The van der Waals surface area contributed by atoms with Crippen LogP contribution in [-0.2, 0) is 4.79 Å². The van der Waals surface area contributed by atoms with E-state index in [4.69, 9.17) is 5.73 Å². The van der Waals surface area contributed by atoms with Gasteiger partial charge in [0.25, 0.3) is 5.91 Å². The number of aromatic nitrogens is 4. The van der Waals surface area contributed by atoms with Crippen LogP contribution in [0.4, 0.5) is 11.6 Å². The summed E-state index contributed by atoms with van der Waals surface area (Å²) in [6.45, 7) is 5.18. The fourth-order valence-electron chi connectivity index (χ4n) is 6.05. The van der Waals surface area contributed by atoms with Crippen LogP contribution in [0.5, 0.6) is 0 Å². The van der Waals surface area contributed by atoms with Crippen molar-refractivity contribution in [3.63, 3.8) is 0 Å². The zero-order valence-electron chi connectivity index (χ0n) is 21.2. The molecular formula is C29H29N7O2. The summed E-state index contributed by atoms with van der Waals surface area (Å²) >= 11 is 0. The first-order valence-electron chi connectivity index (χ1n) is 12.8. The number of hydrogen-bond donors (Lipinski definition) is 1. The number of carbonyl (C=O) groups is 2. The molecule has 6 rings (SSSR count). The molecule has 0 bridgehead atoms. The molecule has 9 nitrogen and oxygen atoms in total. The Kier molecular flexibility index (Phi) is 5.90. The van der Waals surface area contributed by atoms with Crippen LogP contribution < -0.4 is 10.6 Å². The smallest absolute Gasteiger partial charge is 0.259 e. The second kappa shape index (κ2) is 9.41. The van der Waals surface area contributed by atoms with Gasteiger partial charge in [-0.3, -0.25) is 14.5 Å². The quantitative estimate of drug-likeness (QED) is 0.410. The summed E-state index contributed by atoms with van der Waals surface area (Å²) in [6, 6.07) is 13.3. The van der Waals surface area contributed by atoms with Gasteiger partial charge < -0.3 is 15.2 Å². The Morgan fingerprint density at radius 2 is 1.79 bits per heavy atom. The second-order valence-electron chi connectivity index (χ2n) is 10.1. The Balaban J connectivity index is 1.29. The first-order chi connectivity index (χ1) is 18.4. The molecule has 2 atom stereocenters. The molecule has 2 unspecified atom stereocenters. The number of benzene rings is 1. The van der Waals surface area contributed by atoms with E-state index >= 15 is 0 Å². The molecule has 0 radical (unpaired) electrons. The molecule has 9 heteroatoms. The summed E-state index contributed by atoms with van der Waals surface area (Å²) in [5.41, 5.74) is 9.62. The lowest BCUT2D eigenvalue weighted by molar-refractivity contribution is -0.125. The number of rotatable bonds is 5. The lowest BCUT2D eigenvalue weighted by Crippen LogP contribution is -2.28. The second-order valence-corrected chi connectivity index (χ2v) is 10.1. The number of amides is 2. The van der Waals surface area contributed by atoms with Crippen LogP contribution in [0.25, 0.3) is 22.2 Å². The van der Waals surface area contributed by atoms with Gasteiger partial charge in [0.2, 0.25) is 5.91 Å². The Morgan fingerprint density at radius 1 is 1.05 bits per heavy atom. The Hall–Kier alpha value is -4.53. The SMILES string of the molecule is C=CC(=O)N1CC2CC(n3cc(-c4ccc(C(=O)N(C)c5ccccn5)cc4)c4c(N)ncnc43)CC2C1. The van der Waals surface area contributed by atoms with Gasteiger partial charge in [-0.1, -0.05) is 24.8 Å². The van der Waals surface area contributed by atoms with Crippen molar-refractivity contribution in [3.8, 4) is 11.1 Å². The van der Waals surface area contributed by atoms with Gasteiger partial charge in [0.05, 0.1) is 5.39 Å². The van der Waals surface area contributed by atoms with E-state index in [2.05, 4.69) is 32.3 Å². The van der Waals surface area contributed by atoms with Crippen LogP contribution in [0.3, 0.4) is 0 Å². The summed E-state index contributed by atoms with van der Waals surface area (Å²) in [5.74, 6) is 1.82. The van der Waals surface area contributed by atoms with Crippen molar-refractivity contribution in [2.24, 2.45) is 11.8 Å². The maximum atomic E-state index is 13.0. The molecule has 1 aliphatic heterocycles. The zero-order chi connectivity index (χ0) is 26.4. The first-order valence-corrected chi connectivity index (χ1v) is 12.8. The molecule has 4 heterocycles. The van der Waals surface area contributed by atoms with Crippen molar-refractivity contribution in [3.05, 3.63) is 79.4 Å². The van der Waals surface area contributed by atoms with E-state index in [9.17, 15) is 9.59 Å². The van der Waals surface area contributed by atoms with E-state index in [0.717, 1.165) is 48.1 Å².